The Morgan fingerprint density at radius 1 is 1.05 bits per heavy atom. The van der Waals surface area contributed by atoms with E-state index in [0.29, 0.717) is 6.61 Å². The molecule has 1 aromatic rings. The molecule has 114 valence electrons. The molecule has 0 atom stereocenters. The summed E-state index contributed by atoms with van der Waals surface area (Å²) in [4.78, 5) is 11.0. The highest BCUT2D eigenvalue weighted by atomic mass is 16.5. The molecule has 0 bridgehead atoms. The Morgan fingerprint density at radius 2 is 1.50 bits per heavy atom. The van der Waals surface area contributed by atoms with Crippen molar-refractivity contribution in [3.8, 4) is 5.75 Å². The number of ketones is 1. The number of aliphatic hydroxyl groups is 3. The molecule has 0 unspecified atom stereocenters. The number of Topliss-reactive ketones (excluding diaryl/α,β-unsaturated/α-hetero) is 1. The minimum Gasteiger partial charge on any atom is -0.491 e. The largest absolute Gasteiger partial charge is 0.491 e. The third kappa shape index (κ3) is 7.89. The number of para-hydroxylation sites is 1. The summed E-state index contributed by atoms with van der Waals surface area (Å²) in [5.74, 6) is 0.233. The fourth-order valence-electron chi connectivity index (χ4n) is 1.43. The van der Waals surface area contributed by atoms with Gasteiger partial charge in [-0.2, -0.15) is 0 Å². The van der Waals surface area contributed by atoms with Gasteiger partial charge in [0, 0.05) is 0 Å². The first kappa shape index (κ1) is 18.6. The molecule has 20 heavy (non-hydrogen) atoms. The van der Waals surface area contributed by atoms with Gasteiger partial charge in [-0.3, -0.25) is 4.79 Å². The average Bonchev–Trinajstić information content (AvgIpc) is 2.35. The Morgan fingerprint density at radius 3 is 1.80 bits per heavy atom. The number of hydrogen-bond acceptors (Lipinski definition) is 5. The van der Waals surface area contributed by atoms with Gasteiger partial charge in [0.2, 0.25) is 0 Å². The van der Waals surface area contributed by atoms with Crippen LogP contribution in [0.25, 0.3) is 0 Å². The summed E-state index contributed by atoms with van der Waals surface area (Å²) in [6.07, 6.45) is 0. The molecule has 5 nitrogen and oxygen atoms in total. The van der Waals surface area contributed by atoms with E-state index in [0.717, 1.165) is 5.75 Å². The van der Waals surface area contributed by atoms with Crippen LogP contribution in [0.1, 0.15) is 27.7 Å². The molecule has 0 aliphatic rings. The number of benzene rings is 1. The second-order valence-corrected chi connectivity index (χ2v) is 5.33. The van der Waals surface area contributed by atoms with Crippen LogP contribution >= 0.6 is 0 Å². The van der Waals surface area contributed by atoms with Gasteiger partial charge in [-0.15, -0.1) is 0 Å². The van der Waals surface area contributed by atoms with Gasteiger partial charge in [0.05, 0.1) is 6.61 Å². The van der Waals surface area contributed by atoms with Gasteiger partial charge in [-0.1, -0.05) is 18.2 Å². The Bertz CT molecular complexity index is 371. The minimum atomic E-state index is -1.45. The van der Waals surface area contributed by atoms with Crippen LogP contribution in [0.5, 0.6) is 5.75 Å². The topological polar surface area (TPSA) is 87.0 Å². The van der Waals surface area contributed by atoms with Crippen LogP contribution in [0.2, 0.25) is 0 Å². The van der Waals surface area contributed by atoms with E-state index >= 15 is 0 Å². The van der Waals surface area contributed by atoms with Crippen LogP contribution in [0.3, 0.4) is 0 Å². The number of carbonyl (C=O) groups is 1. The van der Waals surface area contributed by atoms with Crippen molar-refractivity contribution in [2.24, 2.45) is 0 Å². The lowest BCUT2D eigenvalue weighted by Gasteiger charge is -2.24. The van der Waals surface area contributed by atoms with Gasteiger partial charge in [0.15, 0.2) is 5.78 Å². The zero-order valence-electron chi connectivity index (χ0n) is 12.5. The van der Waals surface area contributed by atoms with E-state index in [9.17, 15) is 4.79 Å². The van der Waals surface area contributed by atoms with Crippen molar-refractivity contribution in [2.45, 2.75) is 38.9 Å². The summed E-state index contributed by atoms with van der Waals surface area (Å²) in [7, 11) is 0. The molecule has 0 fully saturated rings. The molecule has 0 amide bonds. The summed E-state index contributed by atoms with van der Waals surface area (Å²) < 4.78 is 5.11. The Balaban J connectivity index is 0.000000361. The van der Waals surface area contributed by atoms with Gasteiger partial charge < -0.3 is 20.1 Å². The number of ether oxygens (including phenoxy) is 1. The first-order chi connectivity index (χ1) is 9.09. The molecule has 0 spiro atoms. The van der Waals surface area contributed by atoms with Crippen LogP contribution in [-0.4, -0.2) is 45.5 Å². The second-order valence-electron chi connectivity index (χ2n) is 5.33. The molecule has 1 aromatic carbocycles. The average molecular weight is 284 g/mol. The monoisotopic (exact) mass is 284 g/mol. The van der Waals surface area contributed by atoms with E-state index in [2.05, 4.69) is 0 Å². The Hall–Kier alpha value is -1.43. The molecule has 3 N–H and O–H groups in total. The van der Waals surface area contributed by atoms with Gasteiger partial charge >= 0.3 is 0 Å². The normalized spacial score (nSPS) is 11.3. The fourth-order valence-corrected chi connectivity index (χ4v) is 1.43. The molecule has 0 aliphatic heterocycles. The zero-order chi connectivity index (χ0) is 15.8. The summed E-state index contributed by atoms with van der Waals surface area (Å²) >= 11 is 0. The smallest absolute Gasteiger partial charge is 0.194 e. The van der Waals surface area contributed by atoms with Crippen LogP contribution in [-0.2, 0) is 4.79 Å². The SMILES string of the molecule is CC(C)(O)C(=O)C(C)(C)O.OCCOc1ccccc1. The lowest BCUT2D eigenvalue weighted by atomic mass is 9.91. The van der Waals surface area contributed by atoms with Crippen LogP contribution in [0.4, 0.5) is 0 Å². The quantitative estimate of drug-likeness (QED) is 0.755. The van der Waals surface area contributed by atoms with E-state index in [1.165, 1.54) is 27.7 Å². The Labute approximate surface area is 119 Å². The van der Waals surface area contributed by atoms with E-state index in [-0.39, 0.29) is 6.61 Å². The third-order valence-electron chi connectivity index (χ3n) is 2.21. The minimum absolute atomic E-state index is 0.0644. The molecule has 1 rings (SSSR count). The lowest BCUT2D eigenvalue weighted by molar-refractivity contribution is -0.150. The number of carbonyl (C=O) groups excluding carboxylic acids is 1. The number of aliphatic hydroxyl groups excluding tert-OH is 1. The maximum atomic E-state index is 11.0. The van der Waals surface area contributed by atoms with Crippen molar-refractivity contribution >= 4 is 5.78 Å². The zero-order valence-corrected chi connectivity index (χ0v) is 12.5. The highest BCUT2D eigenvalue weighted by Crippen LogP contribution is 2.14. The van der Waals surface area contributed by atoms with E-state index in [4.69, 9.17) is 20.1 Å². The van der Waals surface area contributed by atoms with E-state index in [1.54, 1.807) is 0 Å². The third-order valence-corrected chi connectivity index (χ3v) is 2.21. The van der Waals surface area contributed by atoms with Gasteiger partial charge in [0.1, 0.15) is 23.6 Å². The predicted molar refractivity (Wildman–Crippen MR) is 76.6 cm³/mol. The lowest BCUT2D eigenvalue weighted by Crippen LogP contribution is -2.45. The van der Waals surface area contributed by atoms with Crippen molar-refractivity contribution in [2.75, 3.05) is 13.2 Å². The first-order valence-corrected chi connectivity index (χ1v) is 6.37. The molecule has 0 radical (unpaired) electrons. The summed E-state index contributed by atoms with van der Waals surface area (Å²) in [5.41, 5.74) is -2.89. The predicted octanol–water partition coefficient (Wildman–Crippen LogP) is 1.16. The molecular weight excluding hydrogens is 260 g/mol. The van der Waals surface area contributed by atoms with Crippen LogP contribution in [0.15, 0.2) is 30.3 Å². The van der Waals surface area contributed by atoms with Crippen LogP contribution in [0, 0.1) is 0 Å². The standard InChI is InChI=1S/C8H10O2.C7H14O3/c9-6-7-10-8-4-2-1-3-5-8;1-6(2,9)5(8)7(3,4)10/h1-5,9H,6-7H2;9-10H,1-4H3. The van der Waals surface area contributed by atoms with E-state index < -0.39 is 17.0 Å². The molecule has 0 saturated carbocycles. The number of hydrogen-bond donors (Lipinski definition) is 3. The van der Waals surface area contributed by atoms with Crippen molar-refractivity contribution in [1.82, 2.24) is 0 Å². The fraction of sp³-hybridized carbons (Fsp3) is 0.533. The molecule has 0 saturated heterocycles. The first-order valence-electron chi connectivity index (χ1n) is 6.37. The molecule has 0 heterocycles. The Kier molecular flexibility index (Phi) is 7.42. The summed E-state index contributed by atoms with van der Waals surface area (Å²) in [6, 6.07) is 9.43. The molecular formula is C15H24O5. The maximum Gasteiger partial charge on any atom is 0.194 e. The van der Waals surface area contributed by atoms with Crippen molar-refractivity contribution < 1.29 is 24.9 Å². The highest BCUT2D eigenvalue weighted by Gasteiger charge is 2.35. The highest BCUT2D eigenvalue weighted by molar-refractivity contribution is 5.92. The van der Waals surface area contributed by atoms with Crippen molar-refractivity contribution in [3.63, 3.8) is 0 Å². The maximum absolute atomic E-state index is 11.0. The van der Waals surface area contributed by atoms with Gasteiger partial charge in [-0.05, 0) is 39.8 Å². The molecule has 5 heteroatoms. The van der Waals surface area contributed by atoms with Crippen molar-refractivity contribution in [1.29, 1.82) is 0 Å². The molecule has 0 aliphatic carbocycles. The molecule has 0 aromatic heterocycles. The van der Waals surface area contributed by atoms with Crippen LogP contribution < -0.4 is 4.74 Å². The van der Waals surface area contributed by atoms with Gasteiger partial charge in [-0.25, -0.2) is 0 Å². The summed E-state index contributed by atoms with van der Waals surface area (Å²) in [5, 5.41) is 26.6. The second kappa shape index (κ2) is 7.99. The van der Waals surface area contributed by atoms with Gasteiger partial charge in [0.25, 0.3) is 0 Å². The number of rotatable bonds is 5. The van der Waals surface area contributed by atoms with E-state index in [1.807, 2.05) is 30.3 Å². The van der Waals surface area contributed by atoms with Crippen molar-refractivity contribution in [3.05, 3.63) is 30.3 Å². The summed E-state index contributed by atoms with van der Waals surface area (Å²) in [6.45, 7) is 5.85.